The van der Waals surface area contributed by atoms with Crippen molar-refractivity contribution in [2.75, 3.05) is 39.8 Å². The molecule has 2 aromatic rings. The van der Waals surface area contributed by atoms with Crippen LogP contribution in [0, 0.1) is 0 Å². The van der Waals surface area contributed by atoms with Crippen LogP contribution in [0.4, 0.5) is 0 Å². The molecule has 1 aliphatic heterocycles. The maximum absolute atomic E-state index is 13.3. The van der Waals surface area contributed by atoms with Crippen molar-refractivity contribution >= 4 is 5.91 Å². The number of hydrogen-bond donors (Lipinski definition) is 1. The van der Waals surface area contributed by atoms with Crippen molar-refractivity contribution in [3.8, 4) is 0 Å². The maximum Gasteiger partial charge on any atom is 0.274 e. The van der Waals surface area contributed by atoms with Crippen LogP contribution in [0.5, 0.6) is 0 Å². The number of carbonyl (C=O) groups excluding carboxylic acids is 1. The van der Waals surface area contributed by atoms with Crippen molar-refractivity contribution in [3.05, 3.63) is 65.5 Å². The molecular formula is C25H35N5O. The number of piperazine rings is 1. The summed E-state index contributed by atoms with van der Waals surface area (Å²) in [5, 5.41) is 8.50. The number of carbonyl (C=O) groups is 1. The average molecular weight is 422 g/mol. The fraction of sp³-hybridized carbons (Fsp3) is 0.520. The van der Waals surface area contributed by atoms with E-state index in [2.05, 4.69) is 54.2 Å². The third-order valence-corrected chi connectivity index (χ3v) is 6.56. The average Bonchev–Trinajstić information content (AvgIpc) is 3.15. The molecule has 1 N–H and O–H groups in total. The van der Waals surface area contributed by atoms with Gasteiger partial charge in [0.05, 0.1) is 6.54 Å². The summed E-state index contributed by atoms with van der Waals surface area (Å²) in [6.07, 6.45) is 7.01. The SMILES string of the molecule is C=CCn1nc(C(=O)N2CCN(C)CC2)c2c1CCC(NCCCc1ccccc1)C2. The molecule has 1 amide bonds. The van der Waals surface area contributed by atoms with E-state index in [1.54, 1.807) is 0 Å². The van der Waals surface area contributed by atoms with Crippen LogP contribution in [0.1, 0.15) is 40.2 Å². The zero-order valence-corrected chi connectivity index (χ0v) is 18.7. The predicted octanol–water partition coefficient (Wildman–Crippen LogP) is 2.54. The van der Waals surface area contributed by atoms with Crippen LogP contribution < -0.4 is 5.32 Å². The standard InChI is InChI=1S/C25H35N5O/c1-3-14-30-23-12-11-21(26-13-7-10-20-8-5-4-6-9-20)19-22(23)24(27-30)25(31)29-17-15-28(2)16-18-29/h3-6,8-9,21,26H,1,7,10-19H2,2H3. The Morgan fingerprint density at radius 1 is 1.23 bits per heavy atom. The lowest BCUT2D eigenvalue weighted by Gasteiger charge is -2.32. The molecule has 1 aromatic carbocycles. The lowest BCUT2D eigenvalue weighted by atomic mass is 9.91. The van der Waals surface area contributed by atoms with E-state index in [4.69, 9.17) is 5.10 Å². The summed E-state index contributed by atoms with van der Waals surface area (Å²) in [6.45, 7) is 8.93. The monoisotopic (exact) mass is 421 g/mol. The molecule has 166 valence electrons. The van der Waals surface area contributed by atoms with E-state index in [1.807, 2.05) is 15.7 Å². The Kier molecular flexibility index (Phi) is 7.20. The maximum atomic E-state index is 13.3. The number of hydrogen-bond acceptors (Lipinski definition) is 4. The largest absolute Gasteiger partial charge is 0.335 e. The zero-order chi connectivity index (χ0) is 21.6. The van der Waals surface area contributed by atoms with Gasteiger partial charge in [0.1, 0.15) is 0 Å². The smallest absolute Gasteiger partial charge is 0.274 e. The Labute approximate surface area is 185 Å². The van der Waals surface area contributed by atoms with E-state index in [1.165, 1.54) is 11.3 Å². The van der Waals surface area contributed by atoms with Gasteiger partial charge in [-0.3, -0.25) is 9.48 Å². The van der Waals surface area contributed by atoms with E-state index < -0.39 is 0 Å². The van der Waals surface area contributed by atoms with Gasteiger partial charge in [0.25, 0.3) is 5.91 Å². The summed E-state index contributed by atoms with van der Waals surface area (Å²) in [4.78, 5) is 17.5. The highest BCUT2D eigenvalue weighted by Gasteiger charge is 2.31. The van der Waals surface area contributed by atoms with Crippen molar-refractivity contribution in [1.82, 2.24) is 24.9 Å². The van der Waals surface area contributed by atoms with E-state index in [0.717, 1.165) is 70.4 Å². The Hall–Kier alpha value is -2.44. The summed E-state index contributed by atoms with van der Waals surface area (Å²) in [5.41, 5.74) is 4.43. The molecule has 1 fully saturated rings. The molecule has 6 heteroatoms. The van der Waals surface area contributed by atoms with Crippen LogP contribution in [0.25, 0.3) is 0 Å². The molecule has 0 spiro atoms. The molecule has 0 bridgehead atoms. The van der Waals surface area contributed by atoms with Crippen molar-refractivity contribution in [2.24, 2.45) is 0 Å². The van der Waals surface area contributed by atoms with Crippen molar-refractivity contribution in [1.29, 1.82) is 0 Å². The number of nitrogens with one attached hydrogen (secondary N) is 1. The fourth-order valence-electron chi connectivity index (χ4n) is 4.71. The van der Waals surface area contributed by atoms with Gasteiger partial charge in [-0.15, -0.1) is 6.58 Å². The van der Waals surface area contributed by atoms with Gasteiger partial charge in [-0.05, 0) is 51.3 Å². The summed E-state index contributed by atoms with van der Waals surface area (Å²) < 4.78 is 2.00. The topological polar surface area (TPSA) is 53.4 Å². The van der Waals surface area contributed by atoms with Gasteiger partial charge < -0.3 is 15.1 Å². The Morgan fingerprint density at radius 2 is 2.00 bits per heavy atom. The molecule has 4 rings (SSSR count). The molecule has 31 heavy (non-hydrogen) atoms. The van der Waals surface area contributed by atoms with Crippen LogP contribution in [0.15, 0.2) is 43.0 Å². The Bertz CT molecular complexity index is 883. The summed E-state index contributed by atoms with van der Waals surface area (Å²) in [6, 6.07) is 11.1. The van der Waals surface area contributed by atoms with E-state index >= 15 is 0 Å². The number of nitrogens with zero attached hydrogens (tertiary/aromatic N) is 4. The number of aryl methyl sites for hydroxylation is 1. The number of aromatic nitrogens is 2. The minimum atomic E-state index is 0.0943. The van der Waals surface area contributed by atoms with Crippen LogP contribution in [-0.2, 0) is 25.8 Å². The van der Waals surface area contributed by atoms with Gasteiger partial charge in [-0.2, -0.15) is 5.10 Å². The number of benzene rings is 1. The lowest BCUT2D eigenvalue weighted by molar-refractivity contribution is 0.0656. The quantitative estimate of drug-likeness (QED) is 0.526. The van der Waals surface area contributed by atoms with Gasteiger partial charge in [0, 0.05) is 43.5 Å². The highest BCUT2D eigenvalue weighted by Crippen LogP contribution is 2.26. The highest BCUT2D eigenvalue weighted by atomic mass is 16.2. The van der Waals surface area contributed by atoms with Crippen molar-refractivity contribution in [3.63, 3.8) is 0 Å². The number of allylic oxidation sites excluding steroid dienone is 1. The molecule has 0 radical (unpaired) electrons. The third kappa shape index (κ3) is 5.25. The zero-order valence-electron chi connectivity index (χ0n) is 18.7. The fourth-order valence-corrected chi connectivity index (χ4v) is 4.71. The normalized spacial score (nSPS) is 19.3. The summed E-state index contributed by atoms with van der Waals surface area (Å²) in [7, 11) is 2.11. The number of fused-ring (bicyclic) bond motifs is 1. The minimum absolute atomic E-state index is 0.0943. The molecule has 0 saturated carbocycles. The molecule has 1 aliphatic carbocycles. The van der Waals surface area contributed by atoms with Crippen LogP contribution >= 0.6 is 0 Å². The van der Waals surface area contributed by atoms with Gasteiger partial charge >= 0.3 is 0 Å². The Balaban J connectivity index is 1.40. The first-order chi connectivity index (χ1) is 15.2. The van der Waals surface area contributed by atoms with Crippen LogP contribution in [0.3, 0.4) is 0 Å². The van der Waals surface area contributed by atoms with E-state index in [-0.39, 0.29) is 5.91 Å². The predicted molar refractivity (Wildman–Crippen MR) is 124 cm³/mol. The molecule has 6 nitrogen and oxygen atoms in total. The molecule has 1 saturated heterocycles. The van der Waals surface area contributed by atoms with Gasteiger partial charge in [-0.1, -0.05) is 36.4 Å². The van der Waals surface area contributed by atoms with E-state index in [0.29, 0.717) is 18.3 Å². The second kappa shape index (κ2) is 10.2. The Morgan fingerprint density at radius 3 is 2.74 bits per heavy atom. The second-order valence-corrected chi connectivity index (χ2v) is 8.82. The van der Waals surface area contributed by atoms with Gasteiger partial charge in [-0.25, -0.2) is 0 Å². The molecule has 2 heterocycles. The van der Waals surface area contributed by atoms with E-state index in [9.17, 15) is 4.79 Å². The van der Waals surface area contributed by atoms with Crippen LogP contribution in [0.2, 0.25) is 0 Å². The number of rotatable bonds is 8. The molecule has 1 atom stereocenters. The van der Waals surface area contributed by atoms with Crippen molar-refractivity contribution in [2.45, 2.75) is 44.7 Å². The summed E-state index contributed by atoms with van der Waals surface area (Å²) in [5.74, 6) is 0.0943. The lowest BCUT2D eigenvalue weighted by Crippen LogP contribution is -2.47. The molecular weight excluding hydrogens is 386 g/mol. The van der Waals surface area contributed by atoms with Gasteiger partial charge in [0.2, 0.25) is 0 Å². The molecule has 2 aliphatic rings. The first-order valence-corrected chi connectivity index (χ1v) is 11.6. The number of amides is 1. The van der Waals surface area contributed by atoms with Gasteiger partial charge in [0.15, 0.2) is 5.69 Å². The second-order valence-electron chi connectivity index (χ2n) is 8.82. The summed E-state index contributed by atoms with van der Waals surface area (Å²) >= 11 is 0. The third-order valence-electron chi connectivity index (χ3n) is 6.56. The molecule has 1 unspecified atom stereocenters. The molecule has 1 aromatic heterocycles. The highest BCUT2D eigenvalue weighted by molar-refractivity contribution is 5.94. The number of likely N-dealkylation sites (N-methyl/N-ethyl adjacent to an activating group) is 1. The van der Waals surface area contributed by atoms with Crippen LogP contribution in [-0.4, -0.2) is 71.3 Å². The first-order valence-electron chi connectivity index (χ1n) is 11.6. The van der Waals surface area contributed by atoms with Crippen molar-refractivity contribution < 1.29 is 4.79 Å². The first kappa shape index (κ1) is 21.8. The minimum Gasteiger partial charge on any atom is -0.335 e.